The van der Waals surface area contributed by atoms with Gasteiger partial charge in [0.05, 0.1) is 16.8 Å². The lowest BCUT2D eigenvalue weighted by molar-refractivity contribution is 0.000953. The highest BCUT2D eigenvalue weighted by atomic mass is 19.2. The summed E-state index contributed by atoms with van der Waals surface area (Å²) in [5.41, 5.74) is 5.18. The van der Waals surface area contributed by atoms with Crippen LogP contribution in [0.15, 0.2) is 71.9 Å². The maximum Gasteiger partial charge on any atom is 0.254 e. The van der Waals surface area contributed by atoms with E-state index in [4.69, 9.17) is 4.84 Å². The molecule has 4 rings (SSSR count). The van der Waals surface area contributed by atoms with E-state index in [0.717, 1.165) is 45.6 Å². The number of benzene rings is 3. The summed E-state index contributed by atoms with van der Waals surface area (Å²) in [6.45, 7) is 12.5. The van der Waals surface area contributed by atoms with Crippen LogP contribution in [0, 0.1) is 11.6 Å². The van der Waals surface area contributed by atoms with Crippen LogP contribution in [0.25, 0.3) is 10.9 Å². The summed E-state index contributed by atoms with van der Waals surface area (Å²) >= 11 is 0. The molecule has 7 heteroatoms. The van der Waals surface area contributed by atoms with Gasteiger partial charge >= 0.3 is 0 Å². The SMILES string of the molecule is C/C(=N\OC(C)(C)C)c1ccc2c(C(=O)NCc3ccc(F)c(F)c3)c(C(C)C)n(Cc3ccccc3)c2c1. The molecule has 0 aliphatic heterocycles. The topological polar surface area (TPSA) is 55.6 Å². The van der Waals surface area contributed by atoms with Gasteiger partial charge in [-0.1, -0.05) is 67.5 Å². The quantitative estimate of drug-likeness (QED) is 0.188. The zero-order valence-corrected chi connectivity index (χ0v) is 23.3. The van der Waals surface area contributed by atoms with Gasteiger partial charge in [0.15, 0.2) is 11.6 Å². The Balaban J connectivity index is 1.81. The van der Waals surface area contributed by atoms with Gasteiger partial charge in [-0.2, -0.15) is 0 Å². The lowest BCUT2D eigenvalue weighted by Gasteiger charge is -2.16. The van der Waals surface area contributed by atoms with Gasteiger partial charge in [0.1, 0.15) is 5.60 Å². The molecule has 0 aliphatic carbocycles. The number of carbonyl (C=O) groups excluding carboxylic acids is 1. The maximum atomic E-state index is 13.7. The van der Waals surface area contributed by atoms with Gasteiger partial charge in [0.2, 0.25) is 0 Å². The molecular weight excluding hydrogens is 496 g/mol. The number of nitrogens with one attached hydrogen (secondary N) is 1. The number of hydrogen-bond donors (Lipinski definition) is 1. The van der Waals surface area contributed by atoms with Crippen LogP contribution in [0.4, 0.5) is 8.78 Å². The van der Waals surface area contributed by atoms with Crippen LogP contribution in [0.3, 0.4) is 0 Å². The lowest BCUT2D eigenvalue weighted by atomic mass is 10.0. The fourth-order valence-electron chi connectivity index (χ4n) is 4.55. The molecule has 0 bridgehead atoms. The summed E-state index contributed by atoms with van der Waals surface area (Å²) in [5, 5.41) is 8.06. The number of amides is 1. The summed E-state index contributed by atoms with van der Waals surface area (Å²) in [6, 6.07) is 19.7. The smallest absolute Gasteiger partial charge is 0.254 e. The Kier molecular flexibility index (Phi) is 8.19. The standard InChI is InChI=1S/C32H35F2N3O2/c1-20(2)30-29(31(38)35-18-23-12-15-26(33)27(34)16-23)25-14-13-24(21(3)36-39-32(4,5)6)17-28(25)37(30)19-22-10-8-7-9-11-22/h7-17,20H,18-19H2,1-6H3,(H,35,38)/b36-21+. The number of rotatable bonds is 8. The van der Waals surface area contributed by atoms with Crippen molar-refractivity contribution in [3.05, 3.63) is 106 Å². The molecule has 5 nitrogen and oxygen atoms in total. The average Bonchev–Trinajstić information content (AvgIpc) is 3.21. The number of nitrogens with zero attached hydrogens (tertiary/aromatic N) is 2. The molecule has 0 aliphatic rings. The van der Waals surface area contributed by atoms with Gasteiger partial charge in [-0.15, -0.1) is 0 Å². The molecule has 0 spiro atoms. The number of halogens is 2. The first kappa shape index (κ1) is 28.0. The first-order valence-corrected chi connectivity index (χ1v) is 13.1. The van der Waals surface area contributed by atoms with E-state index in [2.05, 4.69) is 41.0 Å². The molecule has 0 fully saturated rings. The van der Waals surface area contributed by atoms with Gasteiger partial charge < -0.3 is 14.7 Å². The summed E-state index contributed by atoms with van der Waals surface area (Å²) in [6.07, 6.45) is 0. The predicted molar refractivity (Wildman–Crippen MR) is 152 cm³/mol. The second kappa shape index (κ2) is 11.4. The molecule has 1 N–H and O–H groups in total. The van der Waals surface area contributed by atoms with E-state index in [1.165, 1.54) is 6.07 Å². The lowest BCUT2D eigenvalue weighted by Crippen LogP contribution is -2.24. The average molecular weight is 532 g/mol. The third-order valence-corrected chi connectivity index (χ3v) is 6.37. The van der Waals surface area contributed by atoms with E-state index >= 15 is 0 Å². The number of fused-ring (bicyclic) bond motifs is 1. The molecule has 0 unspecified atom stereocenters. The van der Waals surface area contributed by atoms with Crippen LogP contribution >= 0.6 is 0 Å². The zero-order chi connectivity index (χ0) is 28.3. The minimum atomic E-state index is -0.941. The van der Waals surface area contributed by atoms with Gasteiger partial charge in [-0.3, -0.25) is 4.79 Å². The number of aromatic nitrogens is 1. The Morgan fingerprint density at radius 3 is 2.33 bits per heavy atom. The van der Waals surface area contributed by atoms with E-state index in [1.54, 1.807) is 0 Å². The van der Waals surface area contributed by atoms with Gasteiger partial charge in [-0.25, -0.2) is 8.78 Å². The van der Waals surface area contributed by atoms with Crippen molar-refractivity contribution in [1.29, 1.82) is 0 Å². The highest BCUT2D eigenvalue weighted by Gasteiger charge is 2.25. The molecule has 0 saturated carbocycles. The van der Waals surface area contributed by atoms with Crippen LogP contribution < -0.4 is 5.32 Å². The van der Waals surface area contributed by atoms with Crippen molar-refractivity contribution >= 4 is 22.5 Å². The third kappa shape index (κ3) is 6.53. The second-order valence-electron chi connectivity index (χ2n) is 11.0. The van der Waals surface area contributed by atoms with Crippen molar-refractivity contribution in [3.8, 4) is 0 Å². The summed E-state index contributed by atoms with van der Waals surface area (Å²) < 4.78 is 29.3. The van der Waals surface area contributed by atoms with E-state index in [0.29, 0.717) is 17.7 Å². The minimum absolute atomic E-state index is 0.0348. The Hall–Kier alpha value is -4.00. The minimum Gasteiger partial charge on any atom is -0.390 e. The number of hydrogen-bond acceptors (Lipinski definition) is 3. The van der Waals surface area contributed by atoms with E-state index in [-0.39, 0.29) is 18.4 Å². The highest BCUT2D eigenvalue weighted by Crippen LogP contribution is 2.33. The van der Waals surface area contributed by atoms with Crippen molar-refractivity contribution < 1.29 is 18.4 Å². The Morgan fingerprint density at radius 2 is 1.69 bits per heavy atom. The molecule has 4 aromatic rings. The molecule has 1 aromatic heterocycles. The molecule has 0 saturated heterocycles. The molecule has 0 atom stereocenters. The van der Waals surface area contributed by atoms with E-state index in [1.807, 2.05) is 64.1 Å². The Labute approximate surface area is 228 Å². The van der Waals surface area contributed by atoms with Gasteiger partial charge in [0, 0.05) is 29.7 Å². The summed E-state index contributed by atoms with van der Waals surface area (Å²) in [5.74, 6) is -2.09. The summed E-state index contributed by atoms with van der Waals surface area (Å²) in [4.78, 5) is 19.3. The van der Waals surface area contributed by atoms with Crippen LogP contribution in [0.5, 0.6) is 0 Å². The molecule has 3 aromatic carbocycles. The predicted octanol–water partition coefficient (Wildman–Crippen LogP) is 7.56. The molecule has 1 amide bonds. The van der Waals surface area contributed by atoms with Crippen molar-refractivity contribution in [3.63, 3.8) is 0 Å². The van der Waals surface area contributed by atoms with Gasteiger partial charge in [0.25, 0.3) is 5.91 Å². The molecular formula is C32H35F2N3O2. The molecule has 39 heavy (non-hydrogen) atoms. The monoisotopic (exact) mass is 531 g/mol. The zero-order valence-electron chi connectivity index (χ0n) is 23.3. The highest BCUT2D eigenvalue weighted by molar-refractivity contribution is 6.10. The molecule has 0 radical (unpaired) electrons. The van der Waals surface area contributed by atoms with Crippen LogP contribution in [0.1, 0.15) is 80.2 Å². The van der Waals surface area contributed by atoms with Crippen molar-refractivity contribution in [2.24, 2.45) is 5.16 Å². The fraction of sp³-hybridized carbons (Fsp3) is 0.312. The third-order valence-electron chi connectivity index (χ3n) is 6.37. The maximum absolute atomic E-state index is 13.7. The van der Waals surface area contributed by atoms with Crippen LogP contribution in [-0.4, -0.2) is 21.8 Å². The van der Waals surface area contributed by atoms with E-state index in [9.17, 15) is 13.6 Å². The summed E-state index contributed by atoms with van der Waals surface area (Å²) in [7, 11) is 0. The van der Waals surface area contributed by atoms with Gasteiger partial charge in [-0.05, 0) is 62.9 Å². The number of oxime groups is 1. The van der Waals surface area contributed by atoms with Crippen molar-refractivity contribution in [2.75, 3.05) is 0 Å². The second-order valence-corrected chi connectivity index (χ2v) is 11.0. The Bertz CT molecular complexity index is 1520. The van der Waals surface area contributed by atoms with E-state index < -0.39 is 17.2 Å². The Morgan fingerprint density at radius 1 is 0.974 bits per heavy atom. The van der Waals surface area contributed by atoms with Crippen LogP contribution in [-0.2, 0) is 17.9 Å². The fourth-order valence-corrected chi connectivity index (χ4v) is 4.55. The van der Waals surface area contributed by atoms with Crippen LogP contribution in [0.2, 0.25) is 0 Å². The first-order chi connectivity index (χ1) is 18.4. The molecule has 1 heterocycles. The normalized spacial score (nSPS) is 12.3. The van der Waals surface area contributed by atoms with Crippen molar-refractivity contribution in [2.45, 2.75) is 66.2 Å². The van der Waals surface area contributed by atoms with Crippen molar-refractivity contribution in [1.82, 2.24) is 9.88 Å². The molecule has 204 valence electrons. The first-order valence-electron chi connectivity index (χ1n) is 13.1. The number of carbonyl (C=O) groups is 1. The largest absolute Gasteiger partial charge is 0.390 e.